The standard InChI is InChI=1S/C14H20N2O3S2/c1-9-7-13(17)15-11-8-10(5-6-12(11)20-9)21(18,19)16-14(2,3)4/h5-6,8-9,16H,7H2,1-4H3,(H,15,17)/t9-/m0/s1. The SMILES string of the molecule is C[C@H]1CC(=O)Nc2cc(S(=O)(=O)NC(C)(C)C)ccc2S1. The Bertz CT molecular complexity index is 663. The first kappa shape index (κ1) is 16.3. The average Bonchev–Trinajstić information content (AvgIpc) is 2.41. The minimum absolute atomic E-state index is 0.0907. The Labute approximate surface area is 129 Å². The predicted molar refractivity (Wildman–Crippen MR) is 85.1 cm³/mol. The van der Waals surface area contributed by atoms with Gasteiger partial charge in [0.05, 0.1) is 10.6 Å². The molecule has 0 aromatic heterocycles. The Morgan fingerprint density at radius 2 is 2.00 bits per heavy atom. The first-order valence-electron chi connectivity index (χ1n) is 6.71. The predicted octanol–water partition coefficient (Wildman–Crippen LogP) is 2.59. The molecule has 1 aromatic carbocycles. The molecule has 0 saturated heterocycles. The molecule has 0 saturated carbocycles. The first-order valence-corrected chi connectivity index (χ1v) is 9.08. The van der Waals surface area contributed by atoms with Crippen molar-refractivity contribution in [3.05, 3.63) is 18.2 Å². The summed E-state index contributed by atoms with van der Waals surface area (Å²) >= 11 is 1.57. The molecule has 21 heavy (non-hydrogen) atoms. The summed E-state index contributed by atoms with van der Waals surface area (Å²) in [6.07, 6.45) is 0.418. The van der Waals surface area contributed by atoms with Gasteiger partial charge in [-0.3, -0.25) is 4.79 Å². The molecule has 116 valence electrons. The lowest BCUT2D eigenvalue weighted by Crippen LogP contribution is -2.40. The van der Waals surface area contributed by atoms with Gasteiger partial charge in [0.1, 0.15) is 0 Å². The van der Waals surface area contributed by atoms with E-state index < -0.39 is 15.6 Å². The minimum atomic E-state index is -3.60. The highest BCUT2D eigenvalue weighted by Gasteiger charge is 2.25. The normalized spacial score (nSPS) is 19.6. The van der Waals surface area contributed by atoms with Crippen LogP contribution in [-0.2, 0) is 14.8 Å². The van der Waals surface area contributed by atoms with Gasteiger partial charge < -0.3 is 5.32 Å². The van der Waals surface area contributed by atoms with E-state index in [0.29, 0.717) is 12.1 Å². The summed E-state index contributed by atoms with van der Waals surface area (Å²) in [5, 5.41) is 2.94. The number of carbonyl (C=O) groups excluding carboxylic acids is 1. The number of thioether (sulfide) groups is 1. The van der Waals surface area contributed by atoms with Crippen molar-refractivity contribution in [2.24, 2.45) is 0 Å². The van der Waals surface area contributed by atoms with Gasteiger partial charge in [0.25, 0.3) is 0 Å². The lowest BCUT2D eigenvalue weighted by Gasteiger charge is -2.20. The molecule has 0 radical (unpaired) electrons. The van der Waals surface area contributed by atoms with Crippen molar-refractivity contribution in [3.63, 3.8) is 0 Å². The largest absolute Gasteiger partial charge is 0.325 e. The van der Waals surface area contributed by atoms with Crippen LogP contribution in [0.4, 0.5) is 5.69 Å². The zero-order chi connectivity index (χ0) is 15.8. The topological polar surface area (TPSA) is 75.3 Å². The van der Waals surface area contributed by atoms with E-state index in [2.05, 4.69) is 10.0 Å². The summed E-state index contributed by atoms with van der Waals surface area (Å²) in [5.41, 5.74) is 0.00383. The van der Waals surface area contributed by atoms with E-state index in [1.165, 1.54) is 6.07 Å². The Morgan fingerprint density at radius 1 is 1.33 bits per heavy atom. The number of hydrogen-bond acceptors (Lipinski definition) is 4. The third kappa shape index (κ3) is 4.21. The summed E-state index contributed by atoms with van der Waals surface area (Å²) in [4.78, 5) is 12.8. The van der Waals surface area contributed by atoms with Crippen LogP contribution in [0.1, 0.15) is 34.1 Å². The monoisotopic (exact) mass is 328 g/mol. The van der Waals surface area contributed by atoms with Crippen LogP contribution in [0.15, 0.2) is 28.0 Å². The first-order chi connectivity index (χ1) is 9.57. The lowest BCUT2D eigenvalue weighted by molar-refractivity contribution is -0.116. The molecule has 0 aliphatic carbocycles. The Hall–Kier alpha value is -1.05. The molecule has 1 aliphatic rings. The number of hydrogen-bond donors (Lipinski definition) is 2. The second kappa shape index (κ2) is 5.62. The summed E-state index contributed by atoms with van der Waals surface area (Å²) in [6.45, 7) is 7.33. The smallest absolute Gasteiger partial charge is 0.241 e. The molecule has 1 heterocycles. The van der Waals surface area contributed by atoms with Crippen LogP contribution in [0.3, 0.4) is 0 Å². The van der Waals surface area contributed by atoms with E-state index in [4.69, 9.17) is 0 Å². The maximum Gasteiger partial charge on any atom is 0.241 e. The fraction of sp³-hybridized carbons (Fsp3) is 0.500. The Kier molecular flexibility index (Phi) is 4.37. The molecule has 0 unspecified atom stereocenters. The highest BCUT2D eigenvalue weighted by molar-refractivity contribution is 8.00. The van der Waals surface area contributed by atoms with E-state index in [9.17, 15) is 13.2 Å². The summed E-state index contributed by atoms with van der Waals surface area (Å²) in [7, 11) is -3.60. The summed E-state index contributed by atoms with van der Waals surface area (Å²) in [5.74, 6) is -0.0907. The van der Waals surface area contributed by atoms with Crippen LogP contribution in [0.25, 0.3) is 0 Å². The molecule has 2 rings (SSSR count). The third-order valence-electron chi connectivity index (χ3n) is 2.78. The van der Waals surface area contributed by atoms with Crippen molar-refractivity contribution in [1.82, 2.24) is 4.72 Å². The molecule has 2 N–H and O–H groups in total. The molecule has 7 heteroatoms. The molecule has 0 bridgehead atoms. The van der Waals surface area contributed by atoms with Crippen LogP contribution in [0.2, 0.25) is 0 Å². The molecular formula is C14H20N2O3S2. The molecule has 0 fully saturated rings. The van der Waals surface area contributed by atoms with E-state index in [1.807, 2.05) is 6.92 Å². The molecule has 1 aromatic rings. The number of carbonyl (C=O) groups is 1. The Balaban J connectivity index is 2.39. The summed E-state index contributed by atoms with van der Waals surface area (Å²) < 4.78 is 27.3. The van der Waals surface area contributed by atoms with Gasteiger partial charge in [-0.25, -0.2) is 13.1 Å². The number of benzene rings is 1. The van der Waals surface area contributed by atoms with E-state index >= 15 is 0 Å². The van der Waals surface area contributed by atoms with Crippen molar-refractivity contribution in [2.75, 3.05) is 5.32 Å². The number of nitrogens with one attached hydrogen (secondary N) is 2. The number of fused-ring (bicyclic) bond motifs is 1. The van der Waals surface area contributed by atoms with Gasteiger partial charge in [-0.1, -0.05) is 6.92 Å². The van der Waals surface area contributed by atoms with Crippen molar-refractivity contribution in [3.8, 4) is 0 Å². The number of anilines is 1. The Morgan fingerprint density at radius 3 is 2.62 bits per heavy atom. The zero-order valence-corrected chi connectivity index (χ0v) is 14.2. The van der Waals surface area contributed by atoms with Crippen LogP contribution in [0.5, 0.6) is 0 Å². The second-order valence-electron chi connectivity index (χ2n) is 6.19. The maximum atomic E-state index is 12.3. The van der Waals surface area contributed by atoms with E-state index in [1.54, 1.807) is 44.7 Å². The highest BCUT2D eigenvalue weighted by atomic mass is 32.2. The van der Waals surface area contributed by atoms with Crippen molar-refractivity contribution >= 4 is 33.4 Å². The summed E-state index contributed by atoms with van der Waals surface area (Å²) in [6, 6.07) is 4.84. The quantitative estimate of drug-likeness (QED) is 0.875. The molecule has 1 aliphatic heterocycles. The average molecular weight is 328 g/mol. The van der Waals surface area contributed by atoms with Crippen molar-refractivity contribution < 1.29 is 13.2 Å². The molecule has 1 atom stereocenters. The van der Waals surface area contributed by atoms with Gasteiger partial charge in [-0.15, -0.1) is 11.8 Å². The van der Waals surface area contributed by atoms with Crippen molar-refractivity contribution in [1.29, 1.82) is 0 Å². The highest BCUT2D eigenvalue weighted by Crippen LogP contribution is 2.36. The molecular weight excluding hydrogens is 308 g/mol. The molecule has 5 nitrogen and oxygen atoms in total. The van der Waals surface area contributed by atoms with E-state index in [-0.39, 0.29) is 16.1 Å². The minimum Gasteiger partial charge on any atom is -0.325 e. The number of amides is 1. The van der Waals surface area contributed by atoms with Gasteiger partial charge in [-0.2, -0.15) is 0 Å². The fourth-order valence-corrected chi connectivity index (χ4v) is 4.56. The van der Waals surface area contributed by atoms with Crippen molar-refractivity contribution in [2.45, 2.75) is 54.7 Å². The van der Waals surface area contributed by atoms with Gasteiger partial charge in [0.2, 0.25) is 15.9 Å². The second-order valence-corrected chi connectivity index (χ2v) is 9.36. The molecule has 0 spiro atoms. The van der Waals surface area contributed by atoms with Crippen LogP contribution >= 0.6 is 11.8 Å². The van der Waals surface area contributed by atoms with Gasteiger partial charge in [0.15, 0.2) is 0 Å². The van der Waals surface area contributed by atoms with Gasteiger partial charge in [-0.05, 0) is 39.0 Å². The zero-order valence-electron chi connectivity index (χ0n) is 12.6. The maximum absolute atomic E-state index is 12.3. The lowest BCUT2D eigenvalue weighted by atomic mass is 10.1. The number of sulfonamides is 1. The third-order valence-corrected chi connectivity index (χ3v) is 5.71. The van der Waals surface area contributed by atoms with Crippen LogP contribution < -0.4 is 10.0 Å². The fourth-order valence-electron chi connectivity index (χ4n) is 2.06. The molecule has 1 amide bonds. The van der Waals surface area contributed by atoms with Gasteiger partial charge >= 0.3 is 0 Å². The number of rotatable bonds is 2. The van der Waals surface area contributed by atoms with Crippen LogP contribution in [-0.4, -0.2) is 25.1 Å². The van der Waals surface area contributed by atoms with E-state index in [0.717, 1.165) is 4.90 Å². The van der Waals surface area contributed by atoms with Gasteiger partial charge in [0, 0.05) is 22.1 Å². The van der Waals surface area contributed by atoms with Crippen LogP contribution in [0, 0.1) is 0 Å².